The highest BCUT2D eigenvalue weighted by molar-refractivity contribution is 5.66. The van der Waals surface area contributed by atoms with Gasteiger partial charge in [0.15, 0.2) is 6.10 Å². The molecule has 0 aromatic heterocycles. The van der Waals surface area contributed by atoms with Crippen molar-refractivity contribution in [3.05, 3.63) is 48.6 Å². The summed E-state index contributed by atoms with van der Waals surface area (Å²) in [6.45, 7) is 4.98. The molecule has 2 nitrogen and oxygen atoms in total. The summed E-state index contributed by atoms with van der Waals surface area (Å²) in [5, 5.41) is 0. The lowest BCUT2D eigenvalue weighted by molar-refractivity contribution is -0.143. The number of carbonyl (C=O) groups excluding carboxylic acids is 1. The van der Waals surface area contributed by atoms with Gasteiger partial charge in [-0.3, -0.25) is 4.79 Å². The van der Waals surface area contributed by atoms with Gasteiger partial charge in [-0.1, -0.05) is 36.1 Å². The van der Waals surface area contributed by atoms with Crippen LogP contribution in [0.4, 0.5) is 0 Å². The number of esters is 1. The second-order valence-corrected chi connectivity index (χ2v) is 3.26. The molecule has 0 saturated carbocycles. The summed E-state index contributed by atoms with van der Waals surface area (Å²) < 4.78 is 5.03. The smallest absolute Gasteiger partial charge is 0.303 e. The zero-order valence-corrected chi connectivity index (χ0v) is 9.27. The van der Waals surface area contributed by atoms with Crippen molar-refractivity contribution in [1.29, 1.82) is 0 Å². The van der Waals surface area contributed by atoms with Crippen molar-refractivity contribution in [2.24, 2.45) is 0 Å². The van der Waals surface area contributed by atoms with E-state index in [1.54, 1.807) is 6.08 Å². The molecule has 0 heterocycles. The van der Waals surface area contributed by atoms with Crippen molar-refractivity contribution in [2.75, 3.05) is 0 Å². The van der Waals surface area contributed by atoms with Gasteiger partial charge in [0.25, 0.3) is 0 Å². The summed E-state index contributed by atoms with van der Waals surface area (Å²) >= 11 is 0. The van der Waals surface area contributed by atoms with E-state index in [1.165, 1.54) is 6.92 Å². The topological polar surface area (TPSA) is 26.3 Å². The molecule has 0 aliphatic heterocycles. The second kappa shape index (κ2) is 6.47. The molecule has 1 unspecified atom stereocenters. The van der Waals surface area contributed by atoms with Gasteiger partial charge in [-0.25, -0.2) is 0 Å². The molecule has 0 radical (unpaired) electrons. The minimum Gasteiger partial charge on any atom is -0.449 e. The fourth-order valence-corrected chi connectivity index (χ4v) is 1.17. The van der Waals surface area contributed by atoms with Crippen molar-refractivity contribution in [3.8, 4) is 11.8 Å². The van der Waals surface area contributed by atoms with Gasteiger partial charge in [0.05, 0.1) is 0 Å². The summed E-state index contributed by atoms with van der Waals surface area (Å²) in [6.07, 6.45) is 1.82. The van der Waals surface area contributed by atoms with Crippen LogP contribution in [0.15, 0.2) is 43.0 Å². The van der Waals surface area contributed by atoms with Gasteiger partial charge in [0.1, 0.15) is 0 Å². The Balaban J connectivity index is 2.71. The van der Waals surface area contributed by atoms with Gasteiger partial charge in [0, 0.05) is 18.9 Å². The lowest BCUT2D eigenvalue weighted by atomic mass is 10.2. The van der Waals surface area contributed by atoms with Gasteiger partial charge >= 0.3 is 5.97 Å². The number of hydrogen-bond donors (Lipinski definition) is 0. The summed E-state index contributed by atoms with van der Waals surface area (Å²) in [4.78, 5) is 10.8. The Morgan fingerprint density at radius 1 is 1.50 bits per heavy atom. The van der Waals surface area contributed by atoms with Crippen LogP contribution >= 0.6 is 0 Å². The van der Waals surface area contributed by atoms with Crippen LogP contribution in [-0.4, -0.2) is 12.1 Å². The molecule has 1 atom stereocenters. The van der Waals surface area contributed by atoms with Crippen LogP contribution < -0.4 is 0 Å². The normalized spacial score (nSPS) is 10.8. The van der Waals surface area contributed by atoms with Crippen LogP contribution in [0.25, 0.3) is 0 Å². The zero-order valence-electron chi connectivity index (χ0n) is 9.27. The lowest BCUT2D eigenvalue weighted by Gasteiger charge is -2.07. The third-order valence-corrected chi connectivity index (χ3v) is 1.84. The third kappa shape index (κ3) is 4.47. The monoisotopic (exact) mass is 214 g/mol. The highest BCUT2D eigenvalue weighted by Gasteiger charge is 2.05. The molecule has 0 spiro atoms. The van der Waals surface area contributed by atoms with Gasteiger partial charge < -0.3 is 4.74 Å². The van der Waals surface area contributed by atoms with E-state index in [1.807, 2.05) is 30.3 Å². The van der Waals surface area contributed by atoms with E-state index < -0.39 is 6.10 Å². The molecular weight excluding hydrogens is 200 g/mol. The molecule has 0 aliphatic rings. The number of benzene rings is 1. The Kier molecular flexibility index (Phi) is 4.88. The van der Waals surface area contributed by atoms with E-state index in [0.717, 1.165) is 5.56 Å². The molecule has 1 aromatic carbocycles. The standard InChI is InChI=1S/C14H14O2/c1-3-7-14(16-12(2)15)11-10-13-8-5-4-6-9-13/h3-6,8-9,14H,1,7H2,2H3. The Labute approximate surface area is 95.9 Å². The Morgan fingerprint density at radius 3 is 2.75 bits per heavy atom. The van der Waals surface area contributed by atoms with Crippen LogP contribution in [0.3, 0.4) is 0 Å². The Hall–Kier alpha value is -2.01. The number of carbonyl (C=O) groups is 1. The fourth-order valence-electron chi connectivity index (χ4n) is 1.17. The zero-order chi connectivity index (χ0) is 11.8. The highest BCUT2D eigenvalue weighted by Crippen LogP contribution is 2.00. The van der Waals surface area contributed by atoms with Gasteiger partial charge in [-0.2, -0.15) is 0 Å². The van der Waals surface area contributed by atoms with Crippen LogP contribution in [0.1, 0.15) is 18.9 Å². The third-order valence-electron chi connectivity index (χ3n) is 1.84. The van der Waals surface area contributed by atoms with E-state index in [0.29, 0.717) is 6.42 Å². The Bertz CT molecular complexity index is 409. The second-order valence-electron chi connectivity index (χ2n) is 3.26. The molecular formula is C14H14O2. The maximum absolute atomic E-state index is 10.8. The SMILES string of the molecule is C=CCC(C#Cc1ccccc1)OC(C)=O. The molecule has 1 rings (SSSR count). The van der Waals surface area contributed by atoms with Crippen LogP contribution in [0.5, 0.6) is 0 Å². The highest BCUT2D eigenvalue weighted by atomic mass is 16.5. The van der Waals surface area contributed by atoms with Crippen molar-refractivity contribution < 1.29 is 9.53 Å². The lowest BCUT2D eigenvalue weighted by Crippen LogP contribution is -2.13. The van der Waals surface area contributed by atoms with Crippen molar-refractivity contribution in [2.45, 2.75) is 19.4 Å². The molecule has 0 bridgehead atoms. The molecule has 16 heavy (non-hydrogen) atoms. The Morgan fingerprint density at radius 2 is 2.19 bits per heavy atom. The van der Waals surface area contributed by atoms with E-state index in [2.05, 4.69) is 18.4 Å². The molecule has 0 fully saturated rings. The molecule has 0 N–H and O–H groups in total. The van der Waals surface area contributed by atoms with Crippen molar-refractivity contribution >= 4 is 5.97 Å². The summed E-state index contributed by atoms with van der Waals surface area (Å²) in [5.74, 6) is 5.54. The minimum absolute atomic E-state index is 0.325. The maximum atomic E-state index is 10.8. The minimum atomic E-state index is -0.407. The molecule has 2 heteroatoms. The average molecular weight is 214 g/mol. The van der Waals surface area contributed by atoms with Crippen molar-refractivity contribution in [3.63, 3.8) is 0 Å². The number of rotatable bonds is 3. The number of ether oxygens (including phenoxy) is 1. The largest absolute Gasteiger partial charge is 0.449 e. The van der Waals surface area contributed by atoms with Crippen LogP contribution in [-0.2, 0) is 9.53 Å². The first-order valence-electron chi connectivity index (χ1n) is 5.07. The van der Waals surface area contributed by atoms with E-state index in [-0.39, 0.29) is 5.97 Å². The first-order chi connectivity index (χ1) is 7.72. The summed E-state index contributed by atoms with van der Waals surface area (Å²) in [7, 11) is 0. The van der Waals surface area contributed by atoms with Gasteiger partial charge in [0.2, 0.25) is 0 Å². The average Bonchev–Trinajstić information content (AvgIpc) is 2.27. The molecule has 1 aromatic rings. The van der Waals surface area contributed by atoms with Crippen LogP contribution in [0, 0.1) is 11.8 Å². The molecule has 0 amide bonds. The first kappa shape index (κ1) is 12.1. The summed E-state index contributed by atoms with van der Waals surface area (Å²) in [6, 6.07) is 9.58. The van der Waals surface area contributed by atoms with E-state index in [4.69, 9.17) is 4.74 Å². The summed E-state index contributed by atoms with van der Waals surface area (Å²) in [5.41, 5.74) is 0.906. The molecule has 0 saturated heterocycles. The van der Waals surface area contributed by atoms with Crippen LogP contribution in [0.2, 0.25) is 0 Å². The maximum Gasteiger partial charge on any atom is 0.303 e. The van der Waals surface area contributed by atoms with Crippen molar-refractivity contribution in [1.82, 2.24) is 0 Å². The van der Waals surface area contributed by atoms with Gasteiger partial charge in [-0.05, 0) is 12.1 Å². The predicted molar refractivity (Wildman–Crippen MR) is 63.7 cm³/mol. The number of hydrogen-bond acceptors (Lipinski definition) is 2. The molecule has 0 aliphatic carbocycles. The quantitative estimate of drug-likeness (QED) is 0.439. The van der Waals surface area contributed by atoms with Gasteiger partial charge in [-0.15, -0.1) is 6.58 Å². The predicted octanol–water partition coefficient (Wildman–Crippen LogP) is 2.55. The van der Waals surface area contributed by atoms with E-state index >= 15 is 0 Å². The van der Waals surface area contributed by atoms with E-state index in [9.17, 15) is 4.79 Å². The molecule has 82 valence electrons. The fraction of sp³-hybridized carbons (Fsp3) is 0.214. The first-order valence-corrected chi connectivity index (χ1v) is 5.07.